The van der Waals surface area contributed by atoms with Crippen molar-refractivity contribution in [2.75, 3.05) is 24.7 Å². The van der Waals surface area contributed by atoms with E-state index < -0.39 is 0 Å². The van der Waals surface area contributed by atoms with E-state index in [0.717, 1.165) is 36.2 Å². The molecule has 3 heterocycles. The van der Waals surface area contributed by atoms with Crippen LogP contribution in [0.2, 0.25) is 0 Å². The first-order chi connectivity index (χ1) is 8.31. The normalized spacial score (nSPS) is 21.3. The number of fused-ring (bicyclic) bond motifs is 1. The zero-order valence-electron chi connectivity index (χ0n) is 9.60. The van der Waals surface area contributed by atoms with Gasteiger partial charge in [-0.2, -0.15) is 0 Å². The Balaban J connectivity index is 2.05. The van der Waals surface area contributed by atoms with Gasteiger partial charge in [-0.1, -0.05) is 0 Å². The fourth-order valence-electron chi connectivity index (χ4n) is 2.22. The number of hydrogen-bond acceptors (Lipinski definition) is 4. The quantitative estimate of drug-likeness (QED) is 0.786. The number of thiazole rings is 1. The van der Waals surface area contributed by atoms with Crippen molar-refractivity contribution in [3.63, 3.8) is 0 Å². The van der Waals surface area contributed by atoms with E-state index in [2.05, 4.69) is 21.2 Å². The Kier molecular flexibility index (Phi) is 2.98. The molecule has 6 heteroatoms. The van der Waals surface area contributed by atoms with Crippen molar-refractivity contribution in [3.05, 3.63) is 17.3 Å². The van der Waals surface area contributed by atoms with Crippen LogP contribution in [0.25, 0.3) is 4.96 Å². The number of ether oxygens (including phenoxy) is 1. The maximum absolute atomic E-state index is 6.06. The van der Waals surface area contributed by atoms with Gasteiger partial charge in [0.2, 0.25) is 0 Å². The van der Waals surface area contributed by atoms with Crippen LogP contribution in [-0.2, 0) is 10.6 Å². The Morgan fingerprint density at radius 1 is 1.65 bits per heavy atom. The van der Waals surface area contributed by atoms with E-state index >= 15 is 0 Å². The minimum absolute atomic E-state index is 0.357. The first kappa shape index (κ1) is 11.3. The second-order valence-electron chi connectivity index (χ2n) is 4.19. The number of halogens is 1. The summed E-state index contributed by atoms with van der Waals surface area (Å²) in [7, 11) is 0. The first-order valence-electron chi connectivity index (χ1n) is 5.66. The van der Waals surface area contributed by atoms with E-state index in [1.807, 2.05) is 11.6 Å². The van der Waals surface area contributed by atoms with E-state index in [4.69, 9.17) is 16.3 Å². The molecule has 0 amide bonds. The van der Waals surface area contributed by atoms with E-state index in [-0.39, 0.29) is 0 Å². The van der Waals surface area contributed by atoms with Crippen LogP contribution in [0.4, 0.5) is 5.82 Å². The molecule has 0 radical (unpaired) electrons. The number of aromatic nitrogens is 2. The Bertz CT molecular complexity index is 524. The Morgan fingerprint density at radius 3 is 3.29 bits per heavy atom. The summed E-state index contributed by atoms with van der Waals surface area (Å²) in [4.78, 5) is 7.99. The van der Waals surface area contributed by atoms with Crippen molar-refractivity contribution in [2.45, 2.75) is 18.8 Å². The summed E-state index contributed by atoms with van der Waals surface area (Å²) in [5.41, 5.74) is 1.08. The largest absolute Gasteiger partial charge is 0.377 e. The third kappa shape index (κ3) is 1.82. The Hall–Kier alpha value is -0.780. The summed E-state index contributed by atoms with van der Waals surface area (Å²) in [5.74, 6) is 1.50. The lowest BCUT2D eigenvalue weighted by Gasteiger charge is -2.34. The number of nitrogens with zero attached hydrogens (tertiary/aromatic N) is 3. The molecule has 92 valence electrons. The van der Waals surface area contributed by atoms with Crippen LogP contribution >= 0.6 is 22.9 Å². The fraction of sp³-hybridized carbons (Fsp3) is 0.545. The lowest BCUT2D eigenvalue weighted by atomic mass is 10.2. The standard InChI is InChI=1S/C11H14ClN3OS/c1-8-7-16-4-2-14(8)10-9(6-12)15-3-5-17-11(15)13-10/h3,5,8H,2,4,6-7H2,1H3. The maximum atomic E-state index is 6.06. The smallest absolute Gasteiger partial charge is 0.195 e. The van der Waals surface area contributed by atoms with Gasteiger partial charge in [-0.3, -0.25) is 4.40 Å². The van der Waals surface area contributed by atoms with Crippen LogP contribution in [0.1, 0.15) is 12.6 Å². The zero-order chi connectivity index (χ0) is 11.8. The SMILES string of the molecule is CC1COCCN1c1nc2sccn2c1CCl. The molecule has 17 heavy (non-hydrogen) atoms. The van der Waals surface area contributed by atoms with Crippen LogP contribution in [-0.4, -0.2) is 35.2 Å². The van der Waals surface area contributed by atoms with E-state index in [9.17, 15) is 0 Å². The fourth-order valence-corrected chi connectivity index (χ4v) is 3.19. The van der Waals surface area contributed by atoms with Gasteiger partial charge in [-0.05, 0) is 6.92 Å². The summed E-state index contributed by atoms with van der Waals surface area (Å²) >= 11 is 7.70. The molecule has 1 saturated heterocycles. The van der Waals surface area contributed by atoms with E-state index in [1.165, 1.54) is 0 Å². The maximum Gasteiger partial charge on any atom is 0.195 e. The van der Waals surface area contributed by atoms with E-state index in [0.29, 0.717) is 11.9 Å². The van der Waals surface area contributed by atoms with Crippen LogP contribution < -0.4 is 4.90 Å². The van der Waals surface area contributed by atoms with Gasteiger partial charge in [0.15, 0.2) is 10.8 Å². The van der Waals surface area contributed by atoms with Crippen molar-refractivity contribution >= 4 is 33.7 Å². The average molecular weight is 272 g/mol. The molecule has 1 unspecified atom stereocenters. The third-order valence-electron chi connectivity index (χ3n) is 3.11. The Morgan fingerprint density at radius 2 is 2.53 bits per heavy atom. The van der Waals surface area contributed by atoms with Crippen molar-refractivity contribution in [2.24, 2.45) is 0 Å². The molecular weight excluding hydrogens is 258 g/mol. The molecule has 0 N–H and O–H groups in total. The van der Waals surface area contributed by atoms with Crippen molar-refractivity contribution in [1.82, 2.24) is 9.38 Å². The summed E-state index contributed by atoms with van der Waals surface area (Å²) in [6, 6.07) is 0.357. The number of rotatable bonds is 2. The number of hydrogen-bond donors (Lipinski definition) is 0. The topological polar surface area (TPSA) is 29.8 Å². The molecule has 0 saturated carbocycles. The van der Waals surface area contributed by atoms with Gasteiger partial charge in [-0.15, -0.1) is 22.9 Å². The minimum atomic E-state index is 0.357. The summed E-state index contributed by atoms with van der Waals surface area (Å²) in [6.45, 7) is 4.56. The van der Waals surface area contributed by atoms with Gasteiger partial charge >= 0.3 is 0 Å². The second-order valence-corrected chi connectivity index (χ2v) is 5.33. The zero-order valence-corrected chi connectivity index (χ0v) is 11.2. The van der Waals surface area contributed by atoms with Crippen LogP contribution in [0.5, 0.6) is 0 Å². The number of imidazole rings is 1. The lowest BCUT2D eigenvalue weighted by Crippen LogP contribution is -2.44. The molecule has 1 atom stereocenters. The summed E-state index contributed by atoms with van der Waals surface area (Å²) < 4.78 is 7.53. The van der Waals surface area contributed by atoms with Crippen molar-refractivity contribution < 1.29 is 4.74 Å². The first-order valence-corrected chi connectivity index (χ1v) is 7.07. The highest BCUT2D eigenvalue weighted by molar-refractivity contribution is 7.15. The van der Waals surface area contributed by atoms with Gasteiger partial charge < -0.3 is 9.64 Å². The molecule has 0 aliphatic carbocycles. The molecule has 2 aromatic heterocycles. The minimum Gasteiger partial charge on any atom is -0.377 e. The van der Waals surface area contributed by atoms with Gasteiger partial charge in [0.1, 0.15) is 0 Å². The van der Waals surface area contributed by atoms with Gasteiger partial charge in [0.25, 0.3) is 0 Å². The lowest BCUT2D eigenvalue weighted by molar-refractivity contribution is 0.0985. The van der Waals surface area contributed by atoms with Crippen LogP contribution in [0.15, 0.2) is 11.6 Å². The molecule has 0 bridgehead atoms. The molecule has 3 rings (SSSR count). The van der Waals surface area contributed by atoms with Gasteiger partial charge in [0, 0.05) is 18.1 Å². The molecule has 1 fully saturated rings. The predicted molar refractivity (Wildman–Crippen MR) is 70.3 cm³/mol. The number of anilines is 1. The van der Waals surface area contributed by atoms with Crippen LogP contribution in [0, 0.1) is 0 Å². The molecule has 4 nitrogen and oxygen atoms in total. The number of morpholine rings is 1. The second kappa shape index (κ2) is 4.48. The third-order valence-corrected chi connectivity index (χ3v) is 4.12. The molecule has 0 spiro atoms. The monoisotopic (exact) mass is 271 g/mol. The highest BCUT2D eigenvalue weighted by atomic mass is 35.5. The molecule has 1 aliphatic heterocycles. The molecule has 1 aliphatic rings. The highest BCUT2D eigenvalue weighted by Gasteiger charge is 2.25. The van der Waals surface area contributed by atoms with Crippen molar-refractivity contribution in [3.8, 4) is 0 Å². The van der Waals surface area contributed by atoms with E-state index in [1.54, 1.807) is 11.3 Å². The van der Waals surface area contributed by atoms with Gasteiger partial charge in [-0.25, -0.2) is 4.98 Å². The molecule has 0 aromatic carbocycles. The highest BCUT2D eigenvalue weighted by Crippen LogP contribution is 2.28. The number of alkyl halides is 1. The van der Waals surface area contributed by atoms with Crippen molar-refractivity contribution in [1.29, 1.82) is 0 Å². The van der Waals surface area contributed by atoms with Gasteiger partial charge in [0.05, 0.1) is 30.8 Å². The summed E-state index contributed by atoms with van der Waals surface area (Å²) in [6.07, 6.45) is 2.03. The van der Waals surface area contributed by atoms with Crippen LogP contribution in [0.3, 0.4) is 0 Å². The predicted octanol–water partition coefficient (Wildman–Crippen LogP) is 2.36. The average Bonchev–Trinajstić information content (AvgIpc) is 2.89. The Labute approximate surface area is 109 Å². The molecule has 2 aromatic rings. The molecular formula is C11H14ClN3OS. The summed E-state index contributed by atoms with van der Waals surface area (Å²) in [5, 5.41) is 2.03.